The summed E-state index contributed by atoms with van der Waals surface area (Å²) < 4.78 is 4.12. The zero-order chi connectivity index (χ0) is 20.0. The van der Waals surface area contributed by atoms with Gasteiger partial charge >= 0.3 is 5.69 Å². The Morgan fingerprint density at radius 2 is 2.10 bits per heavy atom. The van der Waals surface area contributed by atoms with Crippen LogP contribution in [0.5, 0.6) is 0 Å². The second-order valence-electron chi connectivity index (χ2n) is 6.78. The van der Waals surface area contributed by atoms with Gasteiger partial charge in [0.15, 0.2) is 16.4 Å². The number of fused-ring (bicyclic) bond motifs is 3. The lowest BCUT2D eigenvalue weighted by molar-refractivity contribution is -0.117. The minimum atomic E-state index is -0.407. The molecule has 1 amide bonds. The van der Waals surface area contributed by atoms with Crippen LogP contribution in [-0.2, 0) is 11.3 Å². The molecule has 5 rings (SSSR count). The van der Waals surface area contributed by atoms with Gasteiger partial charge in [-0.1, -0.05) is 33.3 Å². The summed E-state index contributed by atoms with van der Waals surface area (Å²) in [5.74, 6) is -0.333. The molecule has 0 aliphatic carbocycles. The van der Waals surface area contributed by atoms with Crippen LogP contribution in [0.25, 0.3) is 16.0 Å². The maximum atomic E-state index is 12.7. The Hall–Kier alpha value is -2.79. The molecule has 1 aliphatic rings. The smallest absolute Gasteiger partial charge is 0.348 e. The highest BCUT2D eigenvalue weighted by Crippen LogP contribution is 2.31. The van der Waals surface area contributed by atoms with Crippen molar-refractivity contribution in [3.8, 4) is 0 Å². The molecule has 0 atom stereocenters. The standard InChI is InChI=1S/C18H16BrN7O2S/c19-11-4-3-5-12(8-11)21-13(27)9-26-18(28)25-10-20-15-14(16(25)23-26)29-17(22-15)24-6-1-2-7-24/h3-5,8,10H,1-2,6-7,9H2,(H,21,27). The van der Waals surface area contributed by atoms with E-state index in [0.29, 0.717) is 17.0 Å². The van der Waals surface area contributed by atoms with Gasteiger partial charge in [-0.3, -0.25) is 4.79 Å². The first-order valence-corrected chi connectivity index (χ1v) is 10.7. The number of halogens is 1. The Kier molecular flexibility index (Phi) is 4.55. The van der Waals surface area contributed by atoms with Crippen molar-refractivity contribution in [2.24, 2.45) is 0 Å². The van der Waals surface area contributed by atoms with E-state index in [1.54, 1.807) is 12.1 Å². The third kappa shape index (κ3) is 3.40. The van der Waals surface area contributed by atoms with E-state index in [9.17, 15) is 9.59 Å². The van der Waals surface area contributed by atoms with E-state index in [0.717, 1.165) is 44.9 Å². The molecular weight excluding hydrogens is 458 g/mol. The molecule has 1 saturated heterocycles. The summed E-state index contributed by atoms with van der Waals surface area (Å²) >= 11 is 4.85. The van der Waals surface area contributed by atoms with Gasteiger partial charge in [-0.25, -0.2) is 18.9 Å². The first-order chi connectivity index (χ1) is 14.1. The van der Waals surface area contributed by atoms with Crippen LogP contribution in [0.4, 0.5) is 10.8 Å². The van der Waals surface area contributed by atoms with Gasteiger partial charge < -0.3 is 10.2 Å². The van der Waals surface area contributed by atoms with Gasteiger partial charge in [-0.15, -0.1) is 5.10 Å². The van der Waals surface area contributed by atoms with Crippen LogP contribution in [0.2, 0.25) is 0 Å². The summed E-state index contributed by atoms with van der Waals surface area (Å²) in [6.45, 7) is 1.77. The normalized spacial score (nSPS) is 14.2. The van der Waals surface area contributed by atoms with Gasteiger partial charge in [-0.2, -0.15) is 4.98 Å². The van der Waals surface area contributed by atoms with E-state index in [-0.39, 0.29) is 12.5 Å². The van der Waals surface area contributed by atoms with Crippen molar-refractivity contribution in [1.29, 1.82) is 0 Å². The van der Waals surface area contributed by atoms with Crippen LogP contribution in [-0.4, -0.2) is 43.1 Å². The molecule has 29 heavy (non-hydrogen) atoms. The molecule has 1 fully saturated rings. The summed E-state index contributed by atoms with van der Waals surface area (Å²) in [5.41, 5.74) is 1.27. The van der Waals surface area contributed by atoms with Crippen LogP contribution < -0.4 is 15.9 Å². The van der Waals surface area contributed by atoms with Gasteiger partial charge in [0.2, 0.25) is 5.91 Å². The number of rotatable bonds is 4. The Morgan fingerprint density at radius 1 is 1.28 bits per heavy atom. The highest BCUT2D eigenvalue weighted by molar-refractivity contribution is 9.10. The second-order valence-corrected chi connectivity index (χ2v) is 8.67. The van der Waals surface area contributed by atoms with Crippen LogP contribution in [0.3, 0.4) is 0 Å². The highest BCUT2D eigenvalue weighted by atomic mass is 79.9. The summed E-state index contributed by atoms with van der Waals surface area (Å²) in [7, 11) is 0. The maximum absolute atomic E-state index is 12.7. The van der Waals surface area contributed by atoms with Gasteiger partial charge in [0.25, 0.3) is 0 Å². The Balaban J connectivity index is 1.46. The van der Waals surface area contributed by atoms with Crippen molar-refractivity contribution in [3.05, 3.63) is 45.5 Å². The Morgan fingerprint density at radius 3 is 2.90 bits per heavy atom. The predicted molar refractivity (Wildman–Crippen MR) is 115 cm³/mol. The lowest BCUT2D eigenvalue weighted by Crippen LogP contribution is -2.28. The molecule has 4 heterocycles. The van der Waals surface area contributed by atoms with Crippen molar-refractivity contribution in [1.82, 2.24) is 24.1 Å². The second kappa shape index (κ2) is 7.23. The van der Waals surface area contributed by atoms with E-state index in [1.165, 1.54) is 22.1 Å². The molecule has 0 unspecified atom stereocenters. The van der Waals surface area contributed by atoms with E-state index >= 15 is 0 Å². The lowest BCUT2D eigenvalue weighted by Gasteiger charge is -2.11. The summed E-state index contributed by atoms with van der Waals surface area (Å²) in [6.07, 6.45) is 3.73. The van der Waals surface area contributed by atoms with Crippen molar-refractivity contribution in [2.75, 3.05) is 23.3 Å². The number of carbonyl (C=O) groups excluding carboxylic acids is 1. The maximum Gasteiger partial charge on any atom is 0.352 e. The van der Waals surface area contributed by atoms with Gasteiger partial charge in [-0.05, 0) is 31.0 Å². The molecule has 0 bridgehead atoms. The number of nitrogens with one attached hydrogen (secondary N) is 1. The third-order valence-corrected chi connectivity index (χ3v) is 6.34. The van der Waals surface area contributed by atoms with Crippen LogP contribution >= 0.6 is 27.3 Å². The summed E-state index contributed by atoms with van der Waals surface area (Å²) in [4.78, 5) is 36.2. The first kappa shape index (κ1) is 18.3. The number of amides is 1. The largest absolute Gasteiger partial charge is 0.352 e. The van der Waals surface area contributed by atoms with Crippen molar-refractivity contribution in [2.45, 2.75) is 19.4 Å². The van der Waals surface area contributed by atoms with E-state index in [2.05, 4.69) is 41.2 Å². The average Bonchev–Trinajstić information content (AvgIpc) is 3.41. The molecule has 11 heteroatoms. The molecule has 3 aromatic heterocycles. The molecule has 1 N–H and O–H groups in total. The molecule has 9 nitrogen and oxygen atoms in total. The monoisotopic (exact) mass is 473 g/mol. The quantitative estimate of drug-likeness (QED) is 0.488. The predicted octanol–water partition coefficient (Wildman–Crippen LogP) is 2.50. The van der Waals surface area contributed by atoms with Gasteiger partial charge in [0, 0.05) is 23.2 Å². The number of benzene rings is 1. The van der Waals surface area contributed by atoms with E-state index in [1.807, 2.05) is 12.1 Å². The van der Waals surface area contributed by atoms with Crippen LogP contribution in [0.1, 0.15) is 12.8 Å². The molecule has 0 radical (unpaired) electrons. The minimum Gasteiger partial charge on any atom is -0.348 e. The number of thiazole rings is 1. The van der Waals surface area contributed by atoms with Crippen molar-refractivity contribution in [3.63, 3.8) is 0 Å². The lowest BCUT2D eigenvalue weighted by atomic mass is 10.3. The van der Waals surface area contributed by atoms with E-state index in [4.69, 9.17) is 0 Å². The number of anilines is 2. The zero-order valence-electron chi connectivity index (χ0n) is 15.2. The van der Waals surface area contributed by atoms with E-state index < -0.39 is 5.69 Å². The minimum absolute atomic E-state index is 0.188. The highest BCUT2D eigenvalue weighted by Gasteiger charge is 2.20. The number of hydrogen-bond donors (Lipinski definition) is 1. The average molecular weight is 474 g/mol. The first-order valence-electron chi connectivity index (χ1n) is 9.13. The fourth-order valence-corrected chi connectivity index (χ4v) is 4.82. The molecule has 1 aromatic carbocycles. The number of nitrogens with zero attached hydrogens (tertiary/aromatic N) is 6. The molecule has 4 aromatic rings. The molecule has 148 valence electrons. The summed E-state index contributed by atoms with van der Waals surface area (Å²) in [6, 6.07) is 7.25. The van der Waals surface area contributed by atoms with Crippen molar-refractivity contribution >= 4 is 60.0 Å². The summed E-state index contributed by atoms with van der Waals surface area (Å²) in [5, 5.41) is 8.06. The molecule has 0 saturated carbocycles. The number of aromatic nitrogens is 5. The fraction of sp³-hybridized carbons (Fsp3) is 0.278. The topological polar surface area (TPSA) is 97.4 Å². The van der Waals surface area contributed by atoms with Gasteiger partial charge in [0.1, 0.15) is 17.6 Å². The Labute approximate surface area is 177 Å². The third-order valence-electron chi connectivity index (χ3n) is 4.75. The SMILES string of the molecule is O=C(Cn1nc2c3sc(N4CCCC4)nc3ncn2c1=O)Nc1cccc(Br)c1. The fourth-order valence-electron chi connectivity index (χ4n) is 3.38. The number of carbonyl (C=O) groups is 1. The Bertz CT molecular complexity index is 1290. The zero-order valence-corrected chi connectivity index (χ0v) is 17.6. The van der Waals surface area contributed by atoms with Crippen molar-refractivity contribution < 1.29 is 4.79 Å². The number of hydrogen-bond acceptors (Lipinski definition) is 7. The van der Waals surface area contributed by atoms with Crippen LogP contribution in [0.15, 0.2) is 39.9 Å². The molecule has 1 aliphatic heterocycles. The van der Waals surface area contributed by atoms with Gasteiger partial charge in [0.05, 0.1) is 0 Å². The molecular formula is C18H16BrN7O2S. The molecule has 0 spiro atoms. The van der Waals surface area contributed by atoms with Crippen LogP contribution in [0, 0.1) is 0 Å².